The zero-order valence-corrected chi connectivity index (χ0v) is 11.9. The first-order chi connectivity index (χ1) is 9.75. The van der Waals surface area contributed by atoms with Gasteiger partial charge >= 0.3 is 6.03 Å². The van der Waals surface area contributed by atoms with E-state index in [-0.39, 0.29) is 12.1 Å². The maximum absolute atomic E-state index is 11.9. The highest BCUT2D eigenvalue weighted by molar-refractivity contribution is 5.74. The smallest absolute Gasteiger partial charge is 0.317 e. The Bertz CT molecular complexity index is 439. The van der Waals surface area contributed by atoms with Crippen molar-refractivity contribution in [1.29, 1.82) is 0 Å². The second-order valence-electron chi connectivity index (χ2n) is 5.01. The monoisotopic (exact) mass is 274 g/mol. The molecule has 1 saturated heterocycles. The van der Waals surface area contributed by atoms with Crippen LogP contribution in [0.5, 0.6) is 0 Å². The summed E-state index contributed by atoms with van der Waals surface area (Å²) >= 11 is 0. The van der Waals surface area contributed by atoms with Gasteiger partial charge in [-0.1, -0.05) is 42.5 Å². The first-order valence-corrected chi connectivity index (χ1v) is 7.08. The number of ether oxygens (including phenoxy) is 1. The molecule has 4 heteroatoms. The van der Waals surface area contributed by atoms with Gasteiger partial charge < -0.3 is 15.0 Å². The number of carbonyl (C=O) groups excluding carboxylic acids is 1. The van der Waals surface area contributed by atoms with Gasteiger partial charge in [0.15, 0.2) is 0 Å². The standard InChI is InChI=1S/C16H22N2O2/c1-18(13-15-10-6-12-20-15)16(19)17-11-5-9-14-7-3-2-4-8-14/h2-5,7-9,15H,6,10-13H2,1H3,(H,17,19)/b9-5+/t15-/m1/s1. The van der Waals surface area contributed by atoms with E-state index < -0.39 is 0 Å². The molecule has 1 aromatic rings. The van der Waals surface area contributed by atoms with Gasteiger partial charge in [0, 0.05) is 26.7 Å². The largest absolute Gasteiger partial charge is 0.376 e. The summed E-state index contributed by atoms with van der Waals surface area (Å²) in [5.41, 5.74) is 1.13. The van der Waals surface area contributed by atoms with Crippen molar-refractivity contribution in [3.05, 3.63) is 42.0 Å². The molecule has 0 saturated carbocycles. The fraction of sp³-hybridized carbons (Fsp3) is 0.438. The van der Waals surface area contributed by atoms with Crippen molar-refractivity contribution >= 4 is 12.1 Å². The van der Waals surface area contributed by atoms with Crippen LogP contribution in [-0.4, -0.2) is 43.8 Å². The molecule has 1 N–H and O–H groups in total. The van der Waals surface area contributed by atoms with Crippen LogP contribution in [0.4, 0.5) is 4.79 Å². The molecule has 1 atom stereocenters. The number of benzene rings is 1. The molecule has 0 spiro atoms. The first-order valence-electron chi connectivity index (χ1n) is 7.08. The lowest BCUT2D eigenvalue weighted by atomic mass is 10.2. The van der Waals surface area contributed by atoms with Gasteiger partial charge in [-0.2, -0.15) is 0 Å². The number of nitrogens with one attached hydrogen (secondary N) is 1. The van der Waals surface area contributed by atoms with Crippen molar-refractivity contribution < 1.29 is 9.53 Å². The Labute approximate surface area is 120 Å². The second kappa shape index (κ2) is 7.70. The summed E-state index contributed by atoms with van der Waals surface area (Å²) in [6, 6.07) is 9.97. The number of likely N-dealkylation sites (N-methyl/N-ethyl adjacent to an activating group) is 1. The molecule has 0 unspecified atom stereocenters. The van der Waals surface area contributed by atoms with Gasteiger partial charge in [-0.3, -0.25) is 0 Å². The van der Waals surface area contributed by atoms with Crippen molar-refractivity contribution in [3.63, 3.8) is 0 Å². The molecule has 1 aliphatic heterocycles. The van der Waals surface area contributed by atoms with Crippen molar-refractivity contribution in [2.45, 2.75) is 18.9 Å². The lowest BCUT2D eigenvalue weighted by Crippen LogP contribution is -2.41. The third-order valence-electron chi connectivity index (χ3n) is 3.33. The number of amides is 2. The normalized spacial score (nSPS) is 18.4. The number of nitrogens with zero attached hydrogens (tertiary/aromatic N) is 1. The summed E-state index contributed by atoms with van der Waals surface area (Å²) in [5.74, 6) is 0. The highest BCUT2D eigenvalue weighted by atomic mass is 16.5. The van der Waals surface area contributed by atoms with Gasteiger partial charge in [-0.15, -0.1) is 0 Å². The molecule has 0 aromatic heterocycles. The summed E-state index contributed by atoms with van der Waals surface area (Å²) in [6.45, 7) is 2.01. The number of carbonyl (C=O) groups is 1. The van der Waals surface area contributed by atoms with Crippen LogP contribution in [0.1, 0.15) is 18.4 Å². The van der Waals surface area contributed by atoms with Crippen molar-refractivity contribution in [2.75, 3.05) is 26.7 Å². The van der Waals surface area contributed by atoms with Crippen LogP contribution in [0.2, 0.25) is 0 Å². The second-order valence-corrected chi connectivity index (χ2v) is 5.01. The Balaban J connectivity index is 1.67. The molecule has 0 radical (unpaired) electrons. The number of rotatable bonds is 5. The molecule has 0 bridgehead atoms. The van der Waals surface area contributed by atoms with Crippen molar-refractivity contribution in [2.24, 2.45) is 0 Å². The quantitative estimate of drug-likeness (QED) is 0.896. The van der Waals surface area contributed by atoms with E-state index >= 15 is 0 Å². The molecule has 2 rings (SSSR count). The molecular formula is C16H22N2O2. The summed E-state index contributed by atoms with van der Waals surface area (Å²) in [7, 11) is 1.80. The predicted octanol–water partition coefficient (Wildman–Crippen LogP) is 2.52. The molecule has 0 aliphatic carbocycles. The molecule has 2 amide bonds. The first kappa shape index (κ1) is 14.6. The van der Waals surface area contributed by atoms with E-state index in [4.69, 9.17) is 4.74 Å². The van der Waals surface area contributed by atoms with Crippen LogP contribution < -0.4 is 5.32 Å². The van der Waals surface area contributed by atoms with Gasteiger partial charge in [-0.05, 0) is 18.4 Å². The van der Waals surface area contributed by atoms with Crippen LogP contribution in [0.25, 0.3) is 6.08 Å². The van der Waals surface area contributed by atoms with E-state index in [1.54, 1.807) is 11.9 Å². The molecule has 1 aliphatic rings. The maximum atomic E-state index is 11.9. The fourth-order valence-electron chi connectivity index (χ4n) is 2.22. The third kappa shape index (κ3) is 4.70. The van der Waals surface area contributed by atoms with E-state index in [9.17, 15) is 4.79 Å². The summed E-state index contributed by atoms with van der Waals surface area (Å²) in [5, 5.41) is 2.87. The van der Waals surface area contributed by atoms with Gasteiger partial charge in [0.05, 0.1) is 6.10 Å². The minimum atomic E-state index is -0.0572. The Morgan fingerprint density at radius 3 is 2.95 bits per heavy atom. The average molecular weight is 274 g/mol. The van der Waals surface area contributed by atoms with E-state index in [0.717, 1.165) is 25.0 Å². The molecular weight excluding hydrogens is 252 g/mol. The van der Waals surface area contributed by atoms with Gasteiger partial charge in [0.25, 0.3) is 0 Å². The van der Waals surface area contributed by atoms with E-state index in [0.29, 0.717) is 13.1 Å². The minimum Gasteiger partial charge on any atom is -0.376 e. The molecule has 1 fully saturated rings. The Morgan fingerprint density at radius 1 is 1.45 bits per heavy atom. The van der Waals surface area contributed by atoms with Gasteiger partial charge in [-0.25, -0.2) is 4.79 Å². The summed E-state index contributed by atoms with van der Waals surface area (Å²) in [6.07, 6.45) is 6.30. The van der Waals surface area contributed by atoms with E-state index in [2.05, 4.69) is 5.32 Å². The topological polar surface area (TPSA) is 41.6 Å². The lowest BCUT2D eigenvalue weighted by molar-refractivity contribution is 0.0876. The predicted molar refractivity (Wildman–Crippen MR) is 80.5 cm³/mol. The van der Waals surface area contributed by atoms with E-state index in [1.807, 2.05) is 42.5 Å². The Hall–Kier alpha value is -1.81. The van der Waals surface area contributed by atoms with Gasteiger partial charge in [0.2, 0.25) is 0 Å². The fourth-order valence-corrected chi connectivity index (χ4v) is 2.22. The SMILES string of the molecule is CN(C[C@H]1CCCO1)C(=O)NC/C=C/c1ccccc1. The lowest BCUT2D eigenvalue weighted by Gasteiger charge is -2.20. The maximum Gasteiger partial charge on any atom is 0.317 e. The zero-order chi connectivity index (χ0) is 14.2. The van der Waals surface area contributed by atoms with Crippen LogP contribution in [0.3, 0.4) is 0 Å². The highest BCUT2D eigenvalue weighted by Gasteiger charge is 2.19. The average Bonchev–Trinajstić information content (AvgIpc) is 2.97. The number of hydrogen-bond acceptors (Lipinski definition) is 2. The summed E-state index contributed by atoms with van der Waals surface area (Å²) < 4.78 is 5.52. The van der Waals surface area contributed by atoms with Crippen LogP contribution in [-0.2, 0) is 4.74 Å². The highest BCUT2D eigenvalue weighted by Crippen LogP contribution is 2.12. The van der Waals surface area contributed by atoms with Crippen LogP contribution in [0.15, 0.2) is 36.4 Å². The van der Waals surface area contributed by atoms with Crippen LogP contribution in [0, 0.1) is 0 Å². The Kier molecular flexibility index (Phi) is 5.62. The van der Waals surface area contributed by atoms with Crippen molar-refractivity contribution in [1.82, 2.24) is 10.2 Å². The minimum absolute atomic E-state index is 0.0572. The van der Waals surface area contributed by atoms with Crippen LogP contribution >= 0.6 is 0 Å². The molecule has 20 heavy (non-hydrogen) atoms. The van der Waals surface area contributed by atoms with Crippen molar-refractivity contribution in [3.8, 4) is 0 Å². The van der Waals surface area contributed by atoms with Gasteiger partial charge in [0.1, 0.15) is 0 Å². The van der Waals surface area contributed by atoms with E-state index in [1.165, 1.54) is 0 Å². The molecule has 1 heterocycles. The molecule has 108 valence electrons. The number of urea groups is 1. The molecule has 1 aromatic carbocycles. The molecule has 4 nitrogen and oxygen atoms in total. The zero-order valence-electron chi connectivity index (χ0n) is 11.9. The third-order valence-corrected chi connectivity index (χ3v) is 3.33. The Morgan fingerprint density at radius 2 is 2.25 bits per heavy atom. The number of hydrogen-bond donors (Lipinski definition) is 1. The summed E-state index contributed by atoms with van der Waals surface area (Å²) in [4.78, 5) is 13.6.